The Balaban J connectivity index is 2.84. The van der Waals surface area contributed by atoms with Gasteiger partial charge in [0.05, 0.1) is 12.8 Å². The Morgan fingerprint density at radius 1 is 1.38 bits per heavy atom. The van der Waals surface area contributed by atoms with Crippen LogP contribution in [0.4, 0.5) is 13.2 Å². The lowest BCUT2D eigenvalue weighted by molar-refractivity contribution is -0.145. The van der Waals surface area contributed by atoms with Crippen LogP contribution in [0.3, 0.4) is 0 Å². The summed E-state index contributed by atoms with van der Waals surface area (Å²) < 4.78 is 36.7. The summed E-state index contributed by atoms with van der Waals surface area (Å²) in [6.07, 6.45) is -3.35. The number of carboxylic acids is 1. The van der Waals surface area contributed by atoms with Crippen molar-refractivity contribution in [2.45, 2.75) is 24.9 Å². The number of aromatic nitrogens is 1. The van der Waals surface area contributed by atoms with E-state index in [1.54, 1.807) is 0 Å². The van der Waals surface area contributed by atoms with Crippen LogP contribution in [-0.2, 0) is 4.79 Å². The van der Waals surface area contributed by atoms with E-state index >= 15 is 0 Å². The fourth-order valence-electron chi connectivity index (χ4n) is 1.43. The van der Waals surface area contributed by atoms with E-state index in [4.69, 9.17) is 5.11 Å². The van der Waals surface area contributed by atoms with Crippen LogP contribution in [0, 0.1) is 0 Å². The molecule has 1 unspecified atom stereocenters. The SMILES string of the molecule is O=C(O)CC(CC(F)(F)F)c1ccncc1. The van der Waals surface area contributed by atoms with Gasteiger partial charge in [-0.25, -0.2) is 0 Å². The van der Waals surface area contributed by atoms with Crippen LogP contribution in [-0.4, -0.2) is 22.2 Å². The molecule has 1 rings (SSSR count). The maximum atomic E-state index is 12.2. The van der Waals surface area contributed by atoms with Crippen LogP contribution >= 0.6 is 0 Å². The molecule has 0 amide bonds. The van der Waals surface area contributed by atoms with Crippen molar-refractivity contribution in [3.8, 4) is 0 Å². The van der Waals surface area contributed by atoms with Crippen molar-refractivity contribution >= 4 is 5.97 Å². The maximum Gasteiger partial charge on any atom is 0.389 e. The summed E-state index contributed by atoms with van der Waals surface area (Å²) in [5.41, 5.74) is 0.342. The molecule has 0 aliphatic rings. The van der Waals surface area contributed by atoms with Crippen molar-refractivity contribution < 1.29 is 23.1 Å². The summed E-state index contributed by atoms with van der Waals surface area (Å²) in [5.74, 6) is -2.30. The second kappa shape index (κ2) is 4.96. The van der Waals surface area contributed by atoms with Gasteiger partial charge < -0.3 is 5.11 Å². The summed E-state index contributed by atoms with van der Waals surface area (Å²) in [5, 5.41) is 8.56. The lowest BCUT2D eigenvalue weighted by atomic mass is 9.93. The van der Waals surface area contributed by atoms with Gasteiger partial charge in [-0.2, -0.15) is 13.2 Å². The first-order valence-corrected chi connectivity index (χ1v) is 4.57. The van der Waals surface area contributed by atoms with E-state index < -0.39 is 30.9 Å². The van der Waals surface area contributed by atoms with Crippen molar-refractivity contribution in [1.29, 1.82) is 0 Å². The minimum Gasteiger partial charge on any atom is -0.481 e. The van der Waals surface area contributed by atoms with Crippen molar-refractivity contribution in [2.24, 2.45) is 0 Å². The van der Waals surface area contributed by atoms with E-state index in [2.05, 4.69) is 4.98 Å². The number of hydrogen-bond donors (Lipinski definition) is 1. The highest BCUT2D eigenvalue weighted by molar-refractivity contribution is 5.68. The number of aliphatic carboxylic acids is 1. The van der Waals surface area contributed by atoms with Gasteiger partial charge in [-0.05, 0) is 17.7 Å². The van der Waals surface area contributed by atoms with Crippen molar-refractivity contribution in [2.75, 3.05) is 0 Å². The lowest BCUT2D eigenvalue weighted by Gasteiger charge is -2.16. The van der Waals surface area contributed by atoms with E-state index in [1.807, 2.05) is 0 Å². The van der Waals surface area contributed by atoms with Gasteiger partial charge in [0, 0.05) is 18.3 Å². The normalized spacial score (nSPS) is 13.4. The Kier molecular flexibility index (Phi) is 3.87. The second-order valence-electron chi connectivity index (χ2n) is 3.39. The van der Waals surface area contributed by atoms with E-state index in [-0.39, 0.29) is 0 Å². The average Bonchev–Trinajstić information content (AvgIpc) is 2.15. The fraction of sp³-hybridized carbons (Fsp3) is 0.400. The minimum absolute atomic E-state index is 0.342. The first kappa shape index (κ1) is 12.5. The molecular formula is C10H10F3NO2. The van der Waals surface area contributed by atoms with Gasteiger partial charge in [-0.15, -0.1) is 0 Å². The third-order valence-corrected chi connectivity index (χ3v) is 2.08. The molecule has 0 saturated carbocycles. The number of alkyl halides is 3. The molecule has 6 heteroatoms. The molecule has 16 heavy (non-hydrogen) atoms. The Bertz CT molecular complexity index is 351. The summed E-state index contributed by atoms with van der Waals surface area (Å²) >= 11 is 0. The molecule has 0 bridgehead atoms. The molecule has 0 saturated heterocycles. The Morgan fingerprint density at radius 3 is 2.38 bits per heavy atom. The Morgan fingerprint density at radius 2 is 1.94 bits per heavy atom. The van der Waals surface area contributed by atoms with Crippen LogP contribution in [0.2, 0.25) is 0 Å². The highest BCUT2D eigenvalue weighted by Crippen LogP contribution is 2.33. The standard InChI is InChI=1S/C10H10F3NO2/c11-10(12,13)6-8(5-9(15)16)7-1-3-14-4-2-7/h1-4,8H,5-6H2,(H,15,16). The van der Waals surface area contributed by atoms with E-state index in [9.17, 15) is 18.0 Å². The predicted octanol–water partition coefficient (Wildman–Crippen LogP) is 2.59. The second-order valence-corrected chi connectivity index (χ2v) is 3.39. The molecule has 0 spiro atoms. The topological polar surface area (TPSA) is 50.2 Å². The molecule has 1 heterocycles. The minimum atomic E-state index is -4.37. The third-order valence-electron chi connectivity index (χ3n) is 2.08. The quantitative estimate of drug-likeness (QED) is 0.869. The van der Waals surface area contributed by atoms with Crippen molar-refractivity contribution in [1.82, 2.24) is 4.98 Å². The number of carboxylic acid groups (broad SMARTS) is 1. The van der Waals surface area contributed by atoms with E-state index in [1.165, 1.54) is 24.5 Å². The molecule has 88 valence electrons. The first-order valence-electron chi connectivity index (χ1n) is 4.57. The van der Waals surface area contributed by atoms with Gasteiger partial charge in [0.1, 0.15) is 0 Å². The third kappa shape index (κ3) is 4.29. The molecule has 3 nitrogen and oxygen atoms in total. The molecule has 1 aromatic rings. The van der Waals surface area contributed by atoms with Gasteiger partial charge >= 0.3 is 12.1 Å². The number of pyridine rings is 1. The number of hydrogen-bond acceptors (Lipinski definition) is 2. The van der Waals surface area contributed by atoms with Gasteiger partial charge in [0.25, 0.3) is 0 Å². The van der Waals surface area contributed by atoms with Crippen LogP contribution in [0.1, 0.15) is 24.3 Å². The maximum absolute atomic E-state index is 12.2. The van der Waals surface area contributed by atoms with E-state index in [0.29, 0.717) is 5.56 Å². The van der Waals surface area contributed by atoms with Gasteiger partial charge in [0.15, 0.2) is 0 Å². The zero-order chi connectivity index (χ0) is 12.2. The summed E-state index contributed by atoms with van der Waals surface area (Å²) in [7, 11) is 0. The molecule has 1 atom stereocenters. The van der Waals surface area contributed by atoms with Crippen LogP contribution in [0.5, 0.6) is 0 Å². The van der Waals surface area contributed by atoms with Gasteiger partial charge in [0.2, 0.25) is 0 Å². The summed E-state index contributed by atoms with van der Waals surface area (Å²) in [4.78, 5) is 14.2. The molecular weight excluding hydrogens is 223 g/mol. The Labute approximate surface area is 89.9 Å². The van der Waals surface area contributed by atoms with Crippen LogP contribution < -0.4 is 0 Å². The van der Waals surface area contributed by atoms with Crippen molar-refractivity contribution in [3.63, 3.8) is 0 Å². The number of carbonyl (C=O) groups is 1. The molecule has 0 radical (unpaired) electrons. The predicted molar refractivity (Wildman–Crippen MR) is 49.9 cm³/mol. The zero-order valence-electron chi connectivity index (χ0n) is 8.24. The average molecular weight is 233 g/mol. The number of halogens is 3. The molecule has 1 aromatic heterocycles. The molecule has 0 aliphatic heterocycles. The van der Waals surface area contributed by atoms with E-state index in [0.717, 1.165) is 0 Å². The fourth-order valence-corrected chi connectivity index (χ4v) is 1.43. The number of nitrogens with zero attached hydrogens (tertiary/aromatic N) is 1. The largest absolute Gasteiger partial charge is 0.481 e. The van der Waals surface area contributed by atoms with Crippen LogP contribution in [0.15, 0.2) is 24.5 Å². The zero-order valence-corrected chi connectivity index (χ0v) is 8.24. The lowest BCUT2D eigenvalue weighted by Crippen LogP contribution is -2.16. The molecule has 0 aromatic carbocycles. The van der Waals surface area contributed by atoms with Crippen molar-refractivity contribution in [3.05, 3.63) is 30.1 Å². The highest BCUT2D eigenvalue weighted by atomic mass is 19.4. The first-order chi connectivity index (χ1) is 7.38. The highest BCUT2D eigenvalue weighted by Gasteiger charge is 2.33. The monoisotopic (exact) mass is 233 g/mol. The molecule has 1 N–H and O–H groups in total. The summed E-state index contributed by atoms with van der Waals surface area (Å²) in [6, 6.07) is 2.80. The van der Waals surface area contributed by atoms with Crippen LogP contribution in [0.25, 0.3) is 0 Å². The smallest absolute Gasteiger partial charge is 0.389 e. The van der Waals surface area contributed by atoms with Gasteiger partial charge in [-0.3, -0.25) is 9.78 Å². The molecule has 0 aliphatic carbocycles. The summed E-state index contributed by atoms with van der Waals surface area (Å²) in [6.45, 7) is 0. The Hall–Kier alpha value is -1.59. The number of rotatable bonds is 4. The van der Waals surface area contributed by atoms with Gasteiger partial charge in [-0.1, -0.05) is 0 Å². The molecule has 0 fully saturated rings.